The van der Waals surface area contributed by atoms with Gasteiger partial charge in [0.15, 0.2) is 5.13 Å². The van der Waals surface area contributed by atoms with E-state index < -0.39 is 0 Å². The van der Waals surface area contributed by atoms with Gasteiger partial charge in [-0.25, -0.2) is 4.98 Å². The highest BCUT2D eigenvalue weighted by Crippen LogP contribution is 2.21. The van der Waals surface area contributed by atoms with Gasteiger partial charge in [0.1, 0.15) is 11.5 Å². The van der Waals surface area contributed by atoms with Gasteiger partial charge in [-0.05, 0) is 31.5 Å². The lowest BCUT2D eigenvalue weighted by Crippen LogP contribution is -2.19. The molecule has 0 aliphatic heterocycles. The van der Waals surface area contributed by atoms with Gasteiger partial charge < -0.3 is 14.6 Å². The Labute approximate surface area is 124 Å². The Bertz CT molecular complexity index is 533. The molecule has 2 aromatic rings. The second kappa shape index (κ2) is 6.90. The minimum absolute atomic E-state index is 0.665. The number of anilines is 1. The van der Waals surface area contributed by atoms with E-state index in [0.29, 0.717) is 5.92 Å². The average molecular weight is 293 g/mol. The monoisotopic (exact) mass is 293 g/mol. The zero-order valence-electron chi connectivity index (χ0n) is 12.6. The zero-order chi connectivity index (χ0) is 14.5. The highest BCUT2D eigenvalue weighted by Gasteiger charge is 2.09. The van der Waals surface area contributed by atoms with Crippen LogP contribution < -0.4 is 10.2 Å². The predicted octanol–water partition coefficient (Wildman–Crippen LogP) is 3.43. The van der Waals surface area contributed by atoms with Crippen LogP contribution in [0.2, 0.25) is 0 Å². The van der Waals surface area contributed by atoms with E-state index in [9.17, 15) is 0 Å². The molecule has 2 rings (SSSR count). The van der Waals surface area contributed by atoms with E-state index in [1.54, 1.807) is 11.3 Å². The molecule has 0 atom stereocenters. The summed E-state index contributed by atoms with van der Waals surface area (Å²) >= 11 is 1.68. The molecule has 20 heavy (non-hydrogen) atoms. The molecule has 2 aromatic heterocycles. The highest BCUT2D eigenvalue weighted by atomic mass is 32.1. The molecule has 0 aromatic carbocycles. The molecular weight excluding hydrogens is 270 g/mol. The summed E-state index contributed by atoms with van der Waals surface area (Å²) in [5.74, 6) is 2.59. The van der Waals surface area contributed by atoms with Crippen LogP contribution in [0.25, 0.3) is 0 Å². The Balaban J connectivity index is 1.87. The van der Waals surface area contributed by atoms with E-state index >= 15 is 0 Å². The molecule has 0 aliphatic rings. The number of rotatable bonds is 7. The number of hydrogen-bond donors (Lipinski definition) is 1. The molecule has 110 valence electrons. The molecule has 5 heteroatoms. The van der Waals surface area contributed by atoms with E-state index in [-0.39, 0.29) is 0 Å². The standard InChI is InChI=1S/C15H23N3OS/c1-11(2)7-16-8-13-10-20-15(17-13)18(4)9-14-6-5-12(3)19-14/h5-6,10-11,16H,7-9H2,1-4H3. The molecule has 0 saturated heterocycles. The molecule has 1 N–H and O–H groups in total. The van der Waals surface area contributed by atoms with E-state index in [1.165, 1.54) is 0 Å². The van der Waals surface area contributed by atoms with Crippen LogP contribution >= 0.6 is 11.3 Å². The van der Waals surface area contributed by atoms with Crippen molar-refractivity contribution in [1.82, 2.24) is 10.3 Å². The van der Waals surface area contributed by atoms with Gasteiger partial charge >= 0.3 is 0 Å². The van der Waals surface area contributed by atoms with Crippen molar-refractivity contribution in [3.8, 4) is 0 Å². The predicted molar refractivity (Wildman–Crippen MR) is 84.2 cm³/mol. The number of nitrogens with zero attached hydrogens (tertiary/aromatic N) is 2. The van der Waals surface area contributed by atoms with Gasteiger partial charge in [0.25, 0.3) is 0 Å². The van der Waals surface area contributed by atoms with Gasteiger partial charge in [-0.2, -0.15) is 0 Å². The largest absolute Gasteiger partial charge is 0.464 e. The first kappa shape index (κ1) is 15.1. The summed E-state index contributed by atoms with van der Waals surface area (Å²) in [6.07, 6.45) is 0. The average Bonchev–Trinajstić information content (AvgIpc) is 2.98. The van der Waals surface area contributed by atoms with E-state index in [1.807, 2.05) is 26.1 Å². The maximum Gasteiger partial charge on any atom is 0.185 e. The van der Waals surface area contributed by atoms with Gasteiger partial charge in [0.2, 0.25) is 0 Å². The molecule has 0 bridgehead atoms. The van der Waals surface area contributed by atoms with Crippen LogP contribution in [0, 0.1) is 12.8 Å². The summed E-state index contributed by atoms with van der Waals surface area (Å²) < 4.78 is 5.60. The molecule has 4 nitrogen and oxygen atoms in total. The van der Waals surface area contributed by atoms with Crippen molar-refractivity contribution in [3.63, 3.8) is 0 Å². The third-order valence-corrected chi connectivity index (χ3v) is 3.92. The van der Waals surface area contributed by atoms with Crippen molar-refractivity contribution in [2.24, 2.45) is 5.92 Å². The zero-order valence-corrected chi connectivity index (χ0v) is 13.5. The Morgan fingerprint density at radius 2 is 2.20 bits per heavy atom. The van der Waals surface area contributed by atoms with E-state index in [2.05, 4.69) is 34.4 Å². The number of thiazole rings is 1. The summed E-state index contributed by atoms with van der Waals surface area (Å²) in [6, 6.07) is 4.01. The maximum atomic E-state index is 5.60. The number of aryl methyl sites for hydroxylation is 1. The quantitative estimate of drug-likeness (QED) is 0.849. The normalized spacial score (nSPS) is 11.2. The highest BCUT2D eigenvalue weighted by molar-refractivity contribution is 7.13. The summed E-state index contributed by atoms with van der Waals surface area (Å²) in [5, 5.41) is 6.56. The Kier molecular flexibility index (Phi) is 5.20. The minimum atomic E-state index is 0.665. The smallest absolute Gasteiger partial charge is 0.185 e. The Morgan fingerprint density at radius 1 is 1.40 bits per heavy atom. The topological polar surface area (TPSA) is 41.3 Å². The molecule has 0 fully saturated rings. The minimum Gasteiger partial charge on any atom is -0.464 e. The van der Waals surface area contributed by atoms with Crippen molar-refractivity contribution < 1.29 is 4.42 Å². The fourth-order valence-corrected chi connectivity index (χ4v) is 2.71. The van der Waals surface area contributed by atoms with Gasteiger partial charge in [-0.1, -0.05) is 13.8 Å². The SMILES string of the molecule is Cc1ccc(CN(C)c2nc(CNCC(C)C)cs2)o1. The summed E-state index contributed by atoms with van der Waals surface area (Å²) in [6.45, 7) is 8.99. The maximum absolute atomic E-state index is 5.60. The number of aromatic nitrogens is 1. The third kappa shape index (κ3) is 4.35. The lowest BCUT2D eigenvalue weighted by molar-refractivity contribution is 0.481. The van der Waals surface area contributed by atoms with Crippen molar-refractivity contribution in [2.75, 3.05) is 18.5 Å². The molecule has 0 radical (unpaired) electrons. The van der Waals surface area contributed by atoms with Crippen molar-refractivity contribution >= 4 is 16.5 Å². The lowest BCUT2D eigenvalue weighted by atomic mass is 10.2. The van der Waals surface area contributed by atoms with E-state index in [4.69, 9.17) is 4.42 Å². The number of nitrogens with one attached hydrogen (secondary N) is 1. The van der Waals surface area contributed by atoms with Crippen LogP contribution in [0.15, 0.2) is 21.9 Å². The van der Waals surface area contributed by atoms with Gasteiger partial charge in [-0.3, -0.25) is 0 Å². The molecule has 0 spiro atoms. The molecule has 0 saturated carbocycles. The second-order valence-electron chi connectivity index (χ2n) is 5.51. The first-order valence-corrected chi connectivity index (χ1v) is 7.84. The third-order valence-electron chi connectivity index (χ3n) is 2.91. The molecule has 0 amide bonds. The summed E-state index contributed by atoms with van der Waals surface area (Å²) in [7, 11) is 2.04. The molecule has 0 unspecified atom stereocenters. The summed E-state index contributed by atoms with van der Waals surface area (Å²) in [5.41, 5.74) is 1.10. The van der Waals surface area contributed by atoms with Gasteiger partial charge in [0, 0.05) is 19.0 Å². The summed E-state index contributed by atoms with van der Waals surface area (Å²) in [4.78, 5) is 6.77. The van der Waals surface area contributed by atoms with E-state index in [0.717, 1.165) is 42.0 Å². The molecule has 2 heterocycles. The van der Waals surface area contributed by atoms with Gasteiger partial charge in [0.05, 0.1) is 12.2 Å². The fraction of sp³-hybridized carbons (Fsp3) is 0.533. The van der Waals surface area contributed by atoms with Crippen LogP contribution in [0.5, 0.6) is 0 Å². The second-order valence-corrected chi connectivity index (χ2v) is 6.35. The Hall–Kier alpha value is -1.33. The van der Waals surface area contributed by atoms with Crippen LogP contribution in [0.1, 0.15) is 31.1 Å². The van der Waals surface area contributed by atoms with Crippen LogP contribution in [0.4, 0.5) is 5.13 Å². The van der Waals surface area contributed by atoms with Crippen LogP contribution in [-0.4, -0.2) is 18.6 Å². The van der Waals surface area contributed by atoms with Gasteiger partial charge in [-0.15, -0.1) is 11.3 Å². The Morgan fingerprint density at radius 3 is 2.85 bits per heavy atom. The first-order valence-electron chi connectivity index (χ1n) is 6.96. The number of hydrogen-bond acceptors (Lipinski definition) is 5. The molecule has 0 aliphatic carbocycles. The van der Waals surface area contributed by atoms with Crippen molar-refractivity contribution in [3.05, 3.63) is 34.7 Å². The van der Waals surface area contributed by atoms with Crippen LogP contribution in [-0.2, 0) is 13.1 Å². The number of furan rings is 1. The van der Waals surface area contributed by atoms with Crippen LogP contribution in [0.3, 0.4) is 0 Å². The van der Waals surface area contributed by atoms with Crippen molar-refractivity contribution in [1.29, 1.82) is 0 Å². The lowest BCUT2D eigenvalue weighted by Gasteiger charge is -2.13. The van der Waals surface area contributed by atoms with Crippen molar-refractivity contribution in [2.45, 2.75) is 33.9 Å². The fourth-order valence-electron chi connectivity index (χ4n) is 1.91. The molecular formula is C15H23N3OS. The first-order chi connectivity index (χ1) is 9.54.